The molecule has 1 saturated heterocycles. The first-order valence-electron chi connectivity index (χ1n) is 6.74. The Morgan fingerprint density at radius 2 is 1.95 bits per heavy atom. The number of carbonyl (C=O) groups is 1. The third kappa shape index (κ3) is 2.76. The number of rotatable bonds is 2. The lowest BCUT2D eigenvalue weighted by Gasteiger charge is -2.25. The van der Waals surface area contributed by atoms with Crippen molar-refractivity contribution in [2.45, 2.75) is 19.3 Å². The molecule has 1 amide bonds. The normalized spacial score (nSPS) is 15.7. The summed E-state index contributed by atoms with van der Waals surface area (Å²) in [5, 5.41) is 3.89. The molecular formula is C16H17NO2. The fourth-order valence-electron chi connectivity index (χ4n) is 2.41. The van der Waals surface area contributed by atoms with Crippen LogP contribution in [0.1, 0.15) is 18.4 Å². The van der Waals surface area contributed by atoms with Crippen molar-refractivity contribution < 1.29 is 9.63 Å². The summed E-state index contributed by atoms with van der Waals surface area (Å²) in [5.41, 5.74) is 1.04. The Labute approximate surface area is 112 Å². The predicted octanol–water partition coefficient (Wildman–Crippen LogP) is 2.94. The number of hydroxylamine groups is 2. The first kappa shape index (κ1) is 12.2. The van der Waals surface area contributed by atoms with Gasteiger partial charge in [0.2, 0.25) is 0 Å². The number of hydrogen-bond donors (Lipinski definition) is 0. The summed E-state index contributed by atoms with van der Waals surface area (Å²) in [5.74, 6) is 0.0509. The lowest BCUT2D eigenvalue weighted by molar-refractivity contribution is -0.196. The van der Waals surface area contributed by atoms with E-state index in [4.69, 9.17) is 4.84 Å². The van der Waals surface area contributed by atoms with Crippen LogP contribution in [-0.2, 0) is 16.1 Å². The van der Waals surface area contributed by atoms with E-state index in [9.17, 15) is 4.79 Å². The molecule has 3 heteroatoms. The lowest BCUT2D eigenvalue weighted by atomic mass is 10.0. The molecule has 1 aliphatic rings. The zero-order valence-electron chi connectivity index (χ0n) is 10.8. The van der Waals surface area contributed by atoms with Gasteiger partial charge in [0.05, 0.1) is 13.0 Å². The van der Waals surface area contributed by atoms with Gasteiger partial charge >= 0.3 is 0 Å². The number of amides is 1. The minimum Gasteiger partial charge on any atom is -0.272 e. The standard InChI is InChI=1S/C16H17NO2/c18-16(17-9-3-4-10-19-17)12-13-7-8-14-5-1-2-6-15(14)11-13/h1-2,5-8,11H,3-4,9-10,12H2. The van der Waals surface area contributed by atoms with Crippen LogP contribution in [0, 0.1) is 0 Å². The second-order valence-electron chi connectivity index (χ2n) is 4.89. The van der Waals surface area contributed by atoms with Gasteiger partial charge in [-0.3, -0.25) is 9.63 Å². The van der Waals surface area contributed by atoms with Crippen molar-refractivity contribution in [3.8, 4) is 0 Å². The van der Waals surface area contributed by atoms with Crippen molar-refractivity contribution in [2.24, 2.45) is 0 Å². The van der Waals surface area contributed by atoms with Crippen LogP contribution in [0.15, 0.2) is 42.5 Å². The maximum atomic E-state index is 12.1. The summed E-state index contributed by atoms with van der Waals surface area (Å²) in [7, 11) is 0. The average molecular weight is 255 g/mol. The van der Waals surface area contributed by atoms with E-state index >= 15 is 0 Å². The summed E-state index contributed by atoms with van der Waals surface area (Å²) in [6.45, 7) is 1.37. The monoisotopic (exact) mass is 255 g/mol. The highest BCUT2D eigenvalue weighted by Gasteiger charge is 2.17. The molecule has 0 spiro atoms. The highest BCUT2D eigenvalue weighted by atomic mass is 16.7. The van der Waals surface area contributed by atoms with Crippen LogP contribution < -0.4 is 0 Å². The van der Waals surface area contributed by atoms with Gasteiger partial charge in [-0.1, -0.05) is 42.5 Å². The predicted molar refractivity (Wildman–Crippen MR) is 74.6 cm³/mol. The molecule has 19 heavy (non-hydrogen) atoms. The Bertz CT molecular complexity index is 588. The Balaban J connectivity index is 1.75. The van der Waals surface area contributed by atoms with E-state index in [0.717, 1.165) is 18.4 Å². The lowest BCUT2D eigenvalue weighted by Crippen LogP contribution is -2.36. The molecule has 0 radical (unpaired) electrons. The Kier molecular flexibility index (Phi) is 3.47. The molecule has 0 unspecified atom stereocenters. The number of carbonyl (C=O) groups excluding carboxylic acids is 1. The molecule has 2 aromatic rings. The molecule has 0 aliphatic carbocycles. The van der Waals surface area contributed by atoms with Crippen LogP contribution in [0.3, 0.4) is 0 Å². The molecular weight excluding hydrogens is 238 g/mol. The van der Waals surface area contributed by atoms with Crippen LogP contribution in [0.5, 0.6) is 0 Å². The van der Waals surface area contributed by atoms with Crippen molar-refractivity contribution in [2.75, 3.05) is 13.2 Å². The highest BCUT2D eigenvalue weighted by Crippen LogP contribution is 2.17. The molecule has 3 nitrogen and oxygen atoms in total. The van der Waals surface area contributed by atoms with Crippen LogP contribution in [-0.4, -0.2) is 24.1 Å². The van der Waals surface area contributed by atoms with Gasteiger partial charge in [0.15, 0.2) is 0 Å². The van der Waals surface area contributed by atoms with Gasteiger partial charge in [-0.15, -0.1) is 0 Å². The second kappa shape index (κ2) is 5.41. The van der Waals surface area contributed by atoms with Gasteiger partial charge < -0.3 is 0 Å². The maximum absolute atomic E-state index is 12.1. The molecule has 0 saturated carbocycles. The fourth-order valence-corrected chi connectivity index (χ4v) is 2.41. The molecule has 3 rings (SSSR count). The van der Waals surface area contributed by atoms with Crippen molar-refractivity contribution in [1.82, 2.24) is 5.06 Å². The smallest absolute Gasteiger partial charge is 0.250 e. The quantitative estimate of drug-likeness (QED) is 0.825. The van der Waals surface area contributed by atoms with E-state index < -0.39 is 0 Å². The van der Waals surface area contributed by atoms with E-state index in [1.807, 2.05) is 18.2 Å². The minimum atomic E-state index is 0.0509. The van der Waals surface area contributed by atoms with Gasteiger partial charge in [0.1, 0.15) is 0 Å². The van der Waals surface area contributed by atoms with E-state index in [1.54, 1.807) is 0 Å². The molecule has 1 aliphatic heterocycles. The van der Waals surface area contributed by atoms with Gasteiger partial charge in [-0.2, -0.15) is 0 Å². The Morgan fingerprint density at radius 3 is 2.74 bits per heavy atom. The van der Waals surface area contributed by atoms with Crippen molar-refractivity contribution in [1.29, 1.82) is 0 Å². The third-order valence-corrected chi connectivity index (χ3v) is 3.45. The van der Waals surface area contributed by atoms with Crippen LogP contribution in [0.25, 0.3) is 10.8 Å². The van der Waals surface area contributed by atoms with Gasteiger partial charge in [-0.25, -0.2) is 5.06 Å². The average Bonchev–Trinajstić information content (AvgIpc) is 2.48. The number of benzene rings is 2. The topological polar surface area (TPSA) is 29.5 Å². The molecule has 0 N–H and O–H groups in total. The highest BCUT2D eigenvalue weighted by molar-refractivity contribution is 5.85. The van der Waals surface area contributed by atoms with Crippen LogP contribution in [0.2, 0.25) is 0 Å². The second-order valence-corrected chi connectivity index (χ2v) is 4.89. The molecule has 0 bridgehead atoms. The largest absolute Gasteiger partial charge is 0.272 e. The molecule has 2 aromatic carbocycles. The maximum Gasteiger partial charge on any atom is 0.250 e. The van der Waals surface area contributed by atoms with Crippen LogP contribution >= 0.6 is 0 Å². The van der Waals surface area contributed by atoms with Gasteiger partial charge in [0, 0.05) is 6.54 Å². The zero-order chi connectivity index (χ0) is 13.1. The Morgan fingerprint density at radius 1 is 1.11 bits per heavy atom. The van der Waals surface area contributed by atoms with E-state index in [1.165, 1.54) is 15.8 Å². The number of nitrogens with zero attached hydrogens (tertiary/aromatic N) is 1. The third-order valence-electron chi connectivity index (χ3n) is 3.45. The first-order chi connectivity index (χ1) is 9.33. The van der Waals surface area contributed by atoms with Gasteiger partial charge in [0.25, 0.3) is 5.91 Å². The van der Waals surface area contributed by atoms with E-state index in [-0.39, 0.29) is 5.91 Å². The summed E-state index contributed by atoms with van der Waals surface area (Å²) < 4.78 is 0. The number of hydrogen-bond acceptors (Lipinski definition) is 2. The summed E-state index contributed by atoms with van der Waals surface area (Å²) in [4.78, 5) is 17.5. The minimum absolute atomic E-state index is 0.0509. The van der Waals surface area contributed by atoms with Crippen molar-refractivity contribution in [3.05, 3.63) is 48.0 Å². The summed E-state index contributed by atoms with van der Waals surface area (Å²) in [6, 6.07) is 14.3. The Hall–Kier alpha value is -1.87. The SMILES string of the molecule is O=C(Cc1ccc2ccccc2c1)N1CCCCO1. The summed E-state index contributed by atoms with van der Waals surface area (Å²) >= 11 is 0. The number of fused-ring (bicyclic) bond motifs is 1. The van der Waals surface area contributed by atoms with E-state index in [2.05, 4.69) is 24.3 Å². The van der Waals surface area contributed by atoms with Crippen molar-refractivity contribution >= 4 is 16.7 Å². The molecule has 98 valence electrons. The molecule has 0 aromatic heterocycles. The van der Waals surface area contributed by atoms with Crippen LogP contribution in [0.4, 0.5) is 0 Å². The fraction of sp³-hybridized carbons (Fsp3) is 0.312. The molecule has 0 atom stereocenters. The molecule has 1 heterocycles. The van der Waals surface area contributed by atoms with Gasteiger partial charge in [-0.05, 0) is 29.2 Å². The summed E-state index contributed by atoms with van der Waals surface area (Å²) in [6.07, 6.45) is 2.48. The zero-order valence-corrected chi connectivity index (χ0v) is 10.8. The van der Waals surface area contributed by atoms with Crippen molar-refractivity contribution in [3.63, 3.8) is 0 Å². The first-order valence-corrected chi connectivity index (χ1v) is 6.74. The molecule has 1 fully saturated rings. The van der Waals surface area contributed by atoms with E-state index in [0.29, 0.717) is 19.6 Å².